The van der Waals surface area contributed by atoms with E-state index in [1.165, 1.54) is 36.4 Å². The van der Waals surface area contributed by atoms with E-state index >= 15 is 0 Å². The topological polar surface area (TPSA) is 131 Å². The summed E-state index contributed by atoms with van der Waals surface area (Å²) in [5.74, 6) is 0.0851. The van der Waals surface area contributed by atoms with Gasteiger partial charge in [0.15, 0.2) is 0 Å². The fourth-order valence-electron chi connectivity index (χ4n) is 3.84. The number of para-hydroxylation sites is 1. The van der Waals surface area contributed by atoms with Crippen LogP contribution in [0.4, 0.5) is 17.1 Å². The number of aryl methyl sites for hydroxylation is 2. The fraction of sp³-hybridized carbons (Fsp3) is 0.138. The molecule has 4 aromatic rings. The highest BCUT2D eigenvalue weighted by molar-refractivity contribution is 7.93. The van der Waals surface area contributed by atoms with Crippen LogP contribution in [-0.4, -0.2) is 29.3 Å². The lowest BCUT2D eigenvalue weighted by atomic mass is 10.1. The molecule has 0 saturated carbocycles. The van der Waals surface area contributed by atoms with Gasteiger partial charge in [0.2, 0.25) is 0 Å². The molecule has 0 spiro atoms. The third kappa shape index (κ3) is 6.80. The maximum Gasteiger partial charge on any atom is 0.262 e. The smallest absolute Gasteiger partial charge is 0.262 e. The standard InChI is InChI=1S/C29H29N3O6S2/c1-4-38-25-15-11-24(12-16-25)31-39(34,35)26-17-13-23(14-18-26)30-29(33)22-10-9-21(3)28(19-22)40(36,37)32-27-8-6-5-7-20(27)2/h5-19,31-32H,4H2,1-3H3,(H,30,33). The summed E-state index contributed by atoms with van der Waals surface area (Å²) in [5.41, 5.74) is 2.54. The van der Waals surface area contributed by atoms with Crippen molar-refractivity contribution in [1.29, 1.82) is 0 Å². The lowest BCUT2D eigenvalue weighted by molar-refractivity contribution is 0.102. The van der Waals surface area contributed by atoms with E-state index in [2.05, 4.69) is 14.8 Å². The van der Waals surface area contributed by atoms with Gasteiger partial charge >= 0.3 is 0 Å². The van der Waals surface area contributed by atoms with Crippen molar-refractivity contribution in [2.75, 3.05) is 21.4 Å². The molecule has 0 bridgehead atoms. The Hall–Kier alpha value is -4.35. The van der Waals surface area contributed by atoms with Gasteiger partial charge in [0.25, 0.3) is 26.0 Å². The molecule has 208 valence electrons. The van der Waals surface area contributed by atoms with Crippen LogP contribution in [-0.2, 0) is 20.0 Å². The number of amides is 1. The Kier molecular flexibility index (Phi) is 8.46. The molecule has 0 aliphatic heterocycles. The number of hydrogen-bond donors (Lipinski definition) is 3. The first-order valence-corrected chi connectivity index (χ1v) is 15.3. The third-order valence-corrected chi connectivity index (χ3v) is 8.87. The second-order valence-electron chi connectivity index (χ2n) is 8.94. The second-order valence-corrected chi connectivity index (χ2v) is 12.3. The number of rotatable bonds is 10. The lowest BCUT2D eigenvalue weighted by Crippen LogP contribution is -2.17. The molecule has 9 nitrogen and oxygen atoms in total. The van der Waals surface area contributed by atoms with Crippen molar-refractivity contribution in [3.05, 3.63) is 108 Å². The molecule has 1 amide bonds. The number of nitrogens with one attached hydrogen (secondary N) is 3. The Bertz CT molecular complexity index is 1740. The number of carbonyl (C=O) groups is 1. The van der Waals surface area contributed by atoms with Gasteiger partial charge in [-0.05, 0) is 98.6 Å². The van der Waals surface area contributed by atoms with Crippen molar-refractivity contribution >= 4 is 43.0 Å². The maximum atomic E-state index is 13.1. The molecule has 0 unspecified atom stereocenters. The minimum atomic E-state index is -3.96. The largest absolute Gasteiger partial charge is 0.494 e. The van der Waals surface area contributed by atoms with Gasteiger partial charge in [-0.15, -0.1) is 0 Å². The van der Waals surface area contributed by atoms with Crippen molar-refractivity contribution in [3.8, 4) is 5.75 Å². The van der Waals surface area contributed by atoms with E-state index < -0.39 is 26.0 Å². The molecular weight excluding hydrogens is 550 g/mol. The van der Waals surface area contributed by atoms with E-state index in [1.54, 1.807) is 62.4 Å². The summed E-state index contributed by atoms with van der Waals surface area (Å²) in [7, 11) is -7.83. The van der Waals surface area contributed by atoms with Crippen LogP contribution >= 0.6 is 0 Å². The monoisotopic (exact) mass is 579 g/mol. The van der Waals surface area contributed by atoms with Gasteiger partial charge in [-0.2, -0.15) is 0 Å². The minimum absolute atomic E-state index is 0.00498. The van der Waals surface area contributed by atoms with E-state index in [9.17, 15) is 21.6 Å². The number of carbonyl (C=O) groups excluding carboxylic acids is 1. The fourth-order valence-corrected chi connectivity index (χ4v) is 6.30. The van der Waals surface area contributed by atoms with Gasteiger partial charge in [-0.3, -0.25) is 14.2 Å². The Morgan fingerprint density at radius 3 is 2.02 bits per heavy atom. The van der Waals surface area contributed by atoms with Crippen molar-refractivity contribution in [2.45, 2.75) is 30.6 Å². The number of sulfonamides is 2. The zero-order valence-corrected chi connectivity index (χ0v) is 23.8. The highest BCUT2D eigenvalue weighted by Gasteiger charge is 2.20. The molecule has 0 aliphatic carbocycles. The van der Waals surface area contributed by atoms with Crippen LogP contribution in [0.15, 0.2) is 101 Å². The van der Waals surface area contributed by atoms with Crippen LogP contribution in [0.2, 0.25) is 0 Å². The third-order valence-electron chi connectivity index (χ3n) is 5.97. The Balaban J connectivity index is 1.47. The summed E-state index contributed by atoms with van der Waals surface area (Å²) in [6.07, 6.45) is 0. The zero-order chi connectivity index (χ0) is 28.9. The predicted octanol–water partition coefficient (Wildman–Crippen LogP) is 5.56. The van der Waals surface area contributed by atoms with Gasteiger partial charge in [0, 0.05) is 16.9 Å². The molecule has 0 atom stereocenters. The summed E-state index contributed by atoms with van der Waals surface area (Å²) >= 11 is 0. The number of anilines is 3. The first-order chi connectivity index (χ1) is 19.0. The average Bonchev–Trinajstić information content (AvgIpc) is 2.91. The molecule has 0 heterocycles. The molecule has 40 heavy (non-hydrogen) atoms. The Morgan fingerprint density at radius 1 is 0.725 bits per heavy atom. The molecule has 3 N–H and O–H groups in total. The maximum absolute atomic E-state index is 13.1. The van der Waals surface area contributed by atoms with Crippen LogP contribution < -0.4 is 19.5 Å². The Labute approximate surface area is 234 Å². The summed E-state index contributed by atoms with van der Waals surface area (Å²) < 4.78 is 62.2. The van der Waals surface area contributed by atoms with Crippen LogP contribution in [0.1, 0.15) is 28.4 Å². The zero-order valence-electron chi connectivity index (χ0n) is 22.1. The molecular formula is C29H29N3O6S2. The molecule has 0 saturated heterocycles. The van der Waals surface area contributed by atoms with Crippen molar-refractivity contribution in [1.82, 2.24) is 0 Å². The van der Waals surface area contributed by atoms with E-state index in [0.29, 0.717) is 35.0 Å². The van der Waals surface area contributed by atoms with Crippen molar-refractivity contribution < 1.29 is 26.4 Å². The molecule has 11 heteroatoms. The van der Waals surface area contributed by atoms with Crippen molar-refractivity contribution in [2.24, 2.45) is 0 Å². The quantitative estimate of drug-likeness (QED) is 0.226. The van der Waals surface area contributed by atoms with Gasteiger partial charge in [-0.25, -0.2) is 16.8 Å². The molecule has 0 aliphatic rings. The normalized spacial score (nSPS) is 11.5. The van der Waals surface area contributed by atoms with E-state index in [4.69, 9.17) is 4.74 Å². The average molecular weight is 580 g/mol. The van der Waals surface area contributed by atoms with E-state index in [0.717, 1.165) is 5.56 Å². The first-order valence-electron chi connectivity index (χ1n) is 12.3. The van der Waals surface area contributed by atoms with Crippen LogP contribution in [0.5, 0.6) is 5.75 Å². The SMILES string of the molecule is CCOc1ccc(NS(=O)(=O)c2ccc(NC(=O)c3ccc(C)c(S(=O)(=O)Nc4ccccc4C)c3)cc2)cc1. The van der Waals surface area contributed by atoms with Gasteiger partial charge in [0.1, 0.15) is 5.75 Å². The van der Waals surface area contributed by atoms with Crippen LogP contribution in [0, 0.1) is 13.8 Å². The number of benzene rings is 4. The lowest BCUT2D eigenvalue weighted by Gasteiger charge is -2.14. The molecule has 4 rings (SSSR count). The highest BCUT2D eigenvalue weighted by atomic mass is 32.2. The molecule has 4 aromatic carbocycles. The predicted molar refractivity (Wildman–Crippen MR) is 156 cm³/mol. The van der Waals surface area contributed by atoms with E-state index in [1.807, 2.05) is 13.0 Å². The van der Waals surface area contributed by atoms with Crippen LogP contribution in [0.25, 0.3) is 0 Å². The van der Waals surface area contributed by atoms with Crippen LogP contribution in [0.3, 0.4) is 0 Å². The van der Waals surface area contributed by atoms with Gasteiger partial charge in [0.05, 0.1) is 22.1 Å². The summed E-state index contributed by atoms with van der Waals surface area (Å²) in [6, 6.07) is 23.6. The summed E-state index contributed by atoms with van der Waals surface area (Å²) in [6.45, 7) is 5.80. The number of hydrogen-bond acceptors (Lipinski definition) is 6. The van der Waals surface area contributed by atoms with Gasteiger partial charge in [-0.1, -0.05) is 24.3 Å². The first kappa shape index (κ1) is 28.7. The number of ether oxygens (including phenoxy) is 1. The van der Waals surface area contributed by atoms with Crippen molar-refractivity contribution in [3.63, 3.8) is 0 Å². The second kappa shape index (κ2) is 11.8. The highest BCUT2D eigenvalue weighted by Crippen LogP contribution is 2.24. The molecule has 0 fully saturated rings. The molecule has 0 radical (unpaired) electrons. The molecule has 0 aromatic heterocycles. The Morgan fingerprint density at radius 2 is 1.38 bits per heavy atom. The minimum Gasteiger partial charge on any atom is -0.494 e. The summed E-state index contributed by atoms with van der Waals surface area (Å²) in [5, 5.41) is 2.68. The summed E-state index contributed by atoms with van der Waals surface area (Å²) in [4.78, 5) is 12.9. The van der Waals surface area contributed by atoms with E-state index in [-0.39, 0.29) is 15.4 Å². The van der Waals surface area contributed by atoms with Gasteiger partial charge < -0.3 is 10.1 Å².